The van der Waals surface area contributed by atoms with Gasteiger partial charge in [-0.1, -0.05) is 126 Å². The van der Waals surface area contributed by atoms with Gasteiger partial charge in [0.05, 0.1) is 24.9 Å². The van der Waals surface area contributed by atoms with E-state index in [1.165, 1.54) is 38.2 Å². The minimum atomic E-state index is -1.08. The van der Waals surface area contributed by atoms with Crippen molar-refractivity contribution in [1.29, 1.82) is 0 Å². The zero-order valence-electron chi connectivity index (χ0n) is 27.4. The number of hydrogen-bond acceptors (Lipinski definition) is 8. The van der Waals surface area contributed by atoms with E-state index in [0.717, 1.165) is 31.6 Å². The molecule has 0 aromatic heterocycles. The molecule has 0 bridgehead atoms. The molecular formula is C36H60O8. The maximum Gasteiger partial charge on any atom is 0.306 e. The molecule has 4 N–H and O–H groups in total. The number of carbonyl (C=O) groups is 2. The molecule has 0 aliphatic carbocycles. The monoisotopic (exact) mass is 620 g/mol. The number of aliphatic hydroxyl groups is 4. The maximum absolute atomic E-state index is 12.1. The summed E-state index contributed by atoms with van der Waals surface area (Å²) in [5.74, 6) is -0.144. The van der Waals surface area contributed by atoms with E-state index in [1.807, 2.05) is 19.1 Å². The summed E-state index contributed by atoms with van der Waals surface area (Å²) in [6.07, 6.45) is 25.3. The second-order valence-electron chi connectivity index (χ2n) is 11.3. The molecule has 0 aliphatic rings. The lowest BCUT2D eigenvalue weighted by Crippen LogP contribution is -2.28. The van der Waals surface area contributed by atoms with Crippen LogP contribution in [-0.2, 0) is 19.1 Å². The fraction of sp³-hybridized carbons (Fsp3) is 0.667. The van der Waals surface area contributed by atoms with E-state index in [4.69, 9.17) is 9.47 Å². The molecular weight excluding hydrogens is 560 g/mol. The zero-order chi connectivity index (χ0) is 32.8. The fourth-order valence-corrected chi connectivity index (χ4v) is 4.16. The highest BCUT2D eigenvalue weighted by molar-refractivity contribution is 5.70. The predicted octanol–water partition coefficient (Wildman–Crippen LogP) is 6.43. The Hall–Kier alpha value is -2.52. The molecule has 0 rings (SSSR count). The predicted molar refractivity (Wildman–Crippen MR) is 177 cm³/mol. The van der Waals surface area contributed by atoms with Crippen LogP contribution in [0.25, 0.3) is 0 Å². The van der Waals surface area contributed by atoms with E-state index in [9.17, 15) is 30.0 Å². The van der Waals surface area contributed by atoms with Gasteiger partial charge < -0.3 is 29.9 Å². The van der Waals surface area contributed by atoms with Crippen LogP contribution >= 0.6 is 0 Å². The van der Waals surface area contributed by atoms with Crippen molar-refractivity contribution in [3.05, 3.63) is 60.8 Å². The van der Waals surface area contributed by atoms with Crippen LogP contribution in [0.2, 0.25) is 0 Å². The second kappa shape index (κ2) is 29.2. The van der Waals surface area contributed by atoms with Gasteiger partial charge in [-0.15, -0.1) is 0 Å². The largest absolute Gasteiger partial charge is 0.462 e. The lowest BCUT2D eigenvalue weighted by molar-refractivity contribution is -0.161. The third kappa shape index (κ3) is 25.9. The number of carbonyl (C=O) groups excluding carboxylic acids is 2. The molecule has 1 unspecified atom stereocenters. The smallest absolute Gasteiger partial charge is 0.306 e. The van der Waals surface area contributed by atoms with Crippen molar-refractivity contribution in [2.75, 3.05) is 13.2 Å². The van der Waals surface area contributed by atoms with Gasteiger partial charge in [0.2, 0.25) is 0 Å². The minimum Gasteiger partial charge on any atom is -0.462 e. The van der Waals surface area contributed by atoms with Crippen LogP contribution in [0.1, 0.15) is 111 Å². The van der Waals surface area contributed by atoms with Crippen molar-refractivity contribution >= 4 is 11.9 Å². The third-order valence-corrected chi connectivity index (χ3v) is 7.21. The first kappa shape index (κ1) is 41.5. The van der Waals surface area contributed by atoms with Crippen LogP contribution in [0, 0.1) is 5.92 Å². The van der Waals surface area contributed by atoms with Gasteiger partial charge in [-0.05, 0) is 38.0 Å². The molecule has 0 aliphatic heterocycles. The van der Waals surface area contributed by atoms with Gasteiger partial charge in [-0.3, -0.25) is 9.59 Å². The van der Waals surface area contributed by atoms with Crippen LogP contribution < -0.4 is 0 Å². The normalized spacial score (nSPS) is 15.9. The second-order valence-corrected chi connectivity index (χ2v) is 11.3. The first-order valence-electron chi connectivity index (χ1n) is 16.6. The van der Waals surface area contributed by atoms with Crippen molar-refractivity contribution in [1.82, 2.24) is 0 Å². The topological polar surface area (TPSA) is 134 Å². The Kier molecular flexibility index (Phi) is 27.5. The standard InChI is InChI=1S/C36H60O8/c1-4-6-15-22-31(38)23-17-12-8-9-13-18-24-33(39)34(40)25-20-27-35(41)43-29-32(28-37)44-36(42)26-19-14-10-7-11-16-21-30(3)5-2/h6,8-9,12-13,15,17-18,23-24,30-34,37-40H,4-5,7,10-11,14,16,19-22,25-29H2,1-3H3/b12-8+,13-9-,15-6-,23-17+,24-18-/t30?,31-,32+,33+,34+/m1/s1. The maximum atomic E-state index is 12.1. The molecule has 0 saturated carbocycles. The minimum absolute atomic E-state index is 0.0265. The van der Waals surface area contributed by atoms with E-state index in [-0.39, 0.29) is 25.9 Å². The van der Waals surface area contributed by atoms with E-state index in [0.29, 0.717) is 12.8 Å². The SMILES string of the molecule is CC/C=C\C[C@@H](O)/C=C/C=C/C=C\C=C/[C@H](O)[C@@H](O)CCCC(=O)OC[C@H](CO)OC(=O)CCCCCCCCC(C)CC. The summed E-state index contributed by atoms with van der Waals surface area (Å²) in [4.78, 5) is 24.1. The summed E-state index contributed by atoms with van der Waals surface area (Å²) in [7, 11) is 0. The molecule has 0 saturated heterocycles. The Balaban J connectivity index is 4.06. The van der Waals surface area contributed by atoms with Gasteiger partial charge in [0, 0.05) is 12.8 Å². The van der Waals surface area contributed by atoms with Crippen molar-refractivity contribution in [3.8, 4) is 0 Å². The van der Waals surface area contributed by atoms with Crippen LogP contribution in [-0.4, -0.2) is 70.0 Å². The molecule has 0 spiro atoms. The highest BCUT2D eigenvalue weighted by Gasteiger charge is 2.17. The van der Waals surface area contributed by atoms with E-state index in [1.54, 1.807) is 42.5 Å². The Bertz CT molecular complexity index is 860. The number of ether oxygens (including phenoxy) is 2. The summed E-state index contributed by atoms with van der Waals surface area (Å²) in [5.41, 5.74) is 0. The number of esters is 2. The summed E-state index contributed by atoms with van der Waals surface area (Å²) in [6.45, 7) is 5.89. The van der Waals surface area contributed by atoms with Crippen LogP contribution in [0.5, 0.6) is 0 Å². The molecule has 0 amide bonds. The van der Waals surface area contributed by atoms with Gasteiger partial charge in [0.25, 0.3) is 0 Å². The number of rotatable bonds is 27. The van der Waals surface area contributed by atoms with Crippen molar-refractivity contribution in [2.24, 2.45) is 5.92 Å². The molecule has 252 valence electrons. The first-order valence-corrected chi connectivity index (χ1v) is 16.6. The molecule has 44 heavy (non-hydrogen) atoms. The summed E-state index contributed by atoms with van der Waals surface area (Å²) < 4.78 is 10.4. The number of hydrogen-bond donors (Lipinski definition) is 4. The Morgan fingerprint density at radius 1 is 0.727 bits per heavy atom. The highest BCUT2D eigenvalue weighted by atomic mass is 16.6. The third-order valence-electron chi connectivity index (χ3n) is 7.21. The molecule has 0 fully saturated rings. The average Bonchev–Trinajstić information content (AvgIpc) is 3.01. The van der Waals surface area contributed by atoms with Crippen molar-refractivity contribution in [2.45, 2.75) is 135 Å². The molecule has 5 atom stereocenters. The first-order chi connectivity index (χ1) is 21.2. The molecule has 0 heterocycles. The molecule has 8 nitrogen and oxygen atoms in total. The van der Waals surface area contributed by atoms with Gasteiger partial charge in [-0.25, -0.2) is 0 Å². The van der Waals surface area contributed by atoms with Gasteiger partial charge >= 0.3 is 11.9 Å². The molecule has 8 heteroatoms. The Morgan fingerprint density at radius 3 is 2.00 bits per heavy atom. The van der Waals surface area contributed by atoms with Crippen LogP contribution in [0.15, 0.2) is 60.8 Å². The van der Waals surface area contributed by atoms with E-state index >= 15 is 0 Å². The average molecular weight is 621 g/mol. The number of aliphatic hydroxyl groups excluding tert-OH is 4. The summed E-state index contributed by atoms with van der Waals surface area (Å²) in [5, 5.41) is 39.5. The van der Waals surface area contributed by atoms with E-state index < -0.39 is 43.0 Å². The van der Waals surface area contributed by atoms with Gasteiger partial charge in [0.15, 0.2) is 6.10 Å². The van der Waals surface area contributed by atoms with Gasteiger partial charge in [-0.2, -0.15) is 0 Å². The quantitative estimate of drug-likeness (QED) is 0.0357. The Morgan fingerprint density at radius 2 is 1.34 bits per heavy atom. The van der Waals surface area contributed by atoms with Crippen molar-refractivity contribution in [3.63, 3.8) is 0 Å². The van der Waals surface area contributed by atoms with Crippen LogP contribution in [0.3, 0.4) is 0 Å². The fourth-order valence-electron chi connectivity index (χ4n) is 4.16. The highest BCUT2D eigenvalue weighted by Crippen LogP contribution is 2.15. The molecule has 0 aromatic rings. The number of unbranched alkanes of at least 4 members (excludes halogenated alkanes) is 5. The lowest BCUT2D eigenvalue weighted by Gasteiger charge is -2.16. The van der Waals surface area contributed by atoms with E-state index in [2.05, 4.69) is 13.8 Å². The van der Waals surface area contributed by atoms with Crippen LogP contribution in [0.4, 0.5) is 0 Å². The summed E-state index contributed by atoms with van der Waals surface area (Å²) in [6, 6.07) is 0. The molecule has 0 aromatic carbocycles. The zero-order valence-corrected chi connectivity index (χ0v) is 27.4. The summed E-state index contributed by atoms with van der Waals surface area (Å²) >= 11 is 0. The number of allylic oxidation sites excluding steroid dienone is 7. The van der Waals surface area contributed by atoms with Gasteiger partial charge in [0.1, 0.15) is 6.61 Å². The Labute approximate surface area is 266 Å². The lowest BCUT2D eigenvalue weighted by atomic mass is 10.00. The van der Waals surface area contributed by atoms with Crippen molar-refractivity contribution < 1.29 is 39.5 Å². The molecule has 0 radical (unpaired) electrons.